The van der Waals surface area contributed by atoms with E-state index in [1.807, 2.05) is 36.1 Å². The SMILES string of the molecule is Cc1cnc(N2C[C@@H]3OC(=O)N(CCc4cccc(Cl)c4)[C@@H]3C2)nc1N. The number of ether oxygens (including phenoxy) is 1. The van der Waals surface area contributed by atoms with Gasteiger partial charge in [-0.3, -0.25) is 4.90 Å². The maximum atomic E-state index is 12.2. The lowest BCUT2D eigenvalue weighted by Crippen LogP contribution is -2.39. The molecule has 3 heterocycles. The minimum atomic E-state index is -0.258. The van der Waals surface area contributed by atoms with Gasteiger partial charge in [-0.2, -0.15) is 4.98 Å². The highest BCUT2D eigenvalue weighted by Gasteiger charge is 2.48. The van der Waals surface area contributed by atoms with Crippen LogP contribution < -0.4 is 10.6 Å². The molecule has 1 aromatic carbocycles. The highest BCUT2D eigenvalue weighted by Crippen LogP contribution is 2.29. The summed E-state index contributed by atoms with van der Waals surface area (Å²) in [6.45, 7) is 3.67. The zero-order valence-corrected chi connectivity index (χ0v) is 15.2. The Morgan fingerprint density at radius 1 is 1.38 bits per heavy atom. The molecule has 2 N–H and O–H groups in total. The molecule has 2 saturated heterocycles. The van der Waals surface area contributed by atoms with Crippen LogP contribution in [0.4, 0.5) is 16.6 Å². The Hall–Kier alpha value is -2.54. The third-order valence-corrected chi connectivity index (χ3v) is 5.17. The van der Waals surface area contributed by atoms with Crippen molar-refractivity contribution in [2.24, 2.45) is 0 Å². The van der Waals surface area contributed by atoms with E-state index in [1.165, 1.54) is 0 Å². The molecule has 8 heteroatoms. The molecule has 7 nitrogen and oxygen atoms in total. The van der Waals surface area contributed by atoms with Gasteiger partial charge in [-0.25, -0.2) is 9.78 Å². The first-order chi connectivity index (χ1) is 12.5. The topological polar surface area (TPSA) is 84.6 Å². The number of nitrogens with zero attached hydrogens (tertiary/aromatic N) is 4. The molecule has 26 heavy (non-hydrogen) atoms. The van der Waals surface area contributed by atoms with E-state index in [9.17, 15) is 4.79 Å². The number of hydrogen-bond acceptors (Lipinski definition) is 6. The number of benzene rings is 1. The molecule has 0 saturated carbocycles. The molecule has 2 fully saturated rings. The van der Waals surface area contributed by atoms with Gasteiger partial charge in [-0.05, 0) is 31.0 Å². The van der Waals surface area contributed by atoms with E-state index in [4.69, 9.17) is 22.1 Å². The number of rotatable bonds is 4. The van der Waals surface area contributed by atoms with Gasteiger partial charge in [0.05, 0.1) is 12.6 Å². The van der Waals surface area contributed by atoms with Gasteiger partial charge in [0, 0.05) is 29.9 Å². The van der Waals surface area contributed by atoms with Crippen molar-refractivity contribution in [1.82, 2.24) is 14.9 Å². The maximum Gasteiger partial charge on any atom is 0.410 e. The van der Waals surface area contributed by atoms with E-state index >= 15 is 0 Å². The first kappa shape index (κ1) is 16.9. The lowest BCUT2D eigenvalue weighted by Gasteiger charge is -2.22. The van der Waals surface area contributed by atoms with Crippen molar-refractivity contribution in [2.45, 2.75) is 25.5 Å². The summed E-state index contributed by atoms with van der Waals surface area (Å²) in [5.41, 5.74) is 7.84. The number of nitrogen functional groups attached to an aromatic ring is 1. The van der Waals surface area contributed by atoms with Crippen molar-refractivity contribution in [2.75, 3.05) is 30.3 Å². The zero-order chi connectivity index (χ0) is 18.3. The Bertz CT molecular complexity index is 846. The van der Waals surface area contributed by atoms with Crippen LogP contribution in [0.2, 0.25) is 5.02 Å². The number of carbonyl (C=O) groups excluding carboxylic acids is 1. The third kappa shape index (κ3) is 3.14. The van der Waals surface area contributed by atoms with E-state index in [0.717, 1.165) is 17.5 Å². The molecule has 1 aromatic heterocycles. The van der Waals surface area contributed by atoms with Gasteiger partial charge >= 0.3 is 6.09 Å². The van der Waals surface area contributed by atoms with Crippen molar-refractivity contribution in [3.05, 3.63) is 46.6 Å². The quantitative estimate of drug-likeness (QED) is 0.885. The lowest BCUT2D eigenvalue weighted by molar-refractivity contribution is 0.136. The predicted molar refractivity (Wildman–Crippen MR) is 99.3 cm³/mol. The smallest absolute Gasteiger partial charge is 0.410 e. The van der Waals surface area contributed by atoms with Crippen molar-refractivity contribution >= 4 is 29.5 Å². The van der Waals surface area contributed by atoms with E-state index < -0.39 is 0 Å². The Labute approximate surface area is 156 Å². The number of carbonyl (C=O) groups is 1. The molecule has 136 valence electrons. The normalized spacial score (nSPS) is 21.8. The summed E-state index contributed by atoms with van der Waals surface area (Å²) in [5, 5.41) is 0.700. The molecule has 2 atom stereocenters. The van der Waals surface area contributed by atoms with Gasteiger partial charge in [0.2, 0.25) is 5.95 Å². The fourth-order valence-corrected chi connectivity index (χ4v) is 3.68. The number of halogens is 1. The summed E-state index contributed by atoms with van der Waals surface area (Å²) in [4.78, 5) is 24.7. The number of nitrogens with two attached hydrogens (primary N) is 1. The first-order valence-electron chi connectivity index (χ1n) is 8.57. The Morgan fingerprint density at radius 2 is 2.23 bits per heavy atom. The highest BCUT2D eigenvalue weighted by atomic mass is 35.5. The molecule has 2 aromatic rings. The molecule has 4 rings (SSSR count). The van der Waals surface area contributed by atoms with Crippen molar-refractivity contribution < 1.29 is 9.53 Å². The van der Waals surface area contributed by atoms with Crippen LogP contribution in [0.5, 0.6) is 0 Å². The highest BCUT2D eigenvalue weighted by molar-refractivity contribution is 6.30. The minimum absolute atomic E-state index is 0.00666. The largest absolute Gasteiger partial charge is 0.442 e. The fraction of sp³-hybridized carbons (Fsp3) is 0.389. The van der Waals surface area contributed by atoms with Gasteiger partial charge in [-0.15, -0.1) is 0 Å². The molecule has 2 aliphatic heterocycles. The standard InChI is InChI=1S/C18H20ClN5O2/c1-11-8-21-17(22-16(11)20)23-9-14-15(10-23)26-18(25)24(14)6-5-12-3-2-4-13(19)7-12/h2-4,7-8,14-15H,5-6,9-10H2,1H3,(H2,20,21,22)/t14-,15+/m1/s1. The Balaban J connectivity index is 1.45. The van der Waals surface area contributed by atoms with Crippen molar-refractivity contribution in [3.8, 4) is 0 Å². The summed E-state index contributed by atoms with van der Waals surface area (Å²) < 4.78 is 5.55. The predicted octanol–water partition coefficient (Wildman–Crippen LogP) is 2.27. The van der Waals surface area contributed by atoms with Crippen LogP contribution in [0.3, 0.4) is 0 Å². The van der Waals surface area contributed by atoms with Crippen LogP contribution in [0.1, 0.15) is 11.1 Å². The fourth-order valence-electron chi connectivity index (χ4n) is 3.46. The number of anilines is 2. The van der Waals surface area contributed by atoms with E-state index in [-0.39, 0.29) is 18.2 Å². The van der Waals surface area contributed by atoms with Crippen molar-refractivity contribution in [3.63, 3.8) is 0 Å². The molecular weight excluding hydrogens is 354 g/mol. The number of aryl methyl sites for hydroxylation is 1. The summed E-state index contributed by atoms with van der Waals surface area (Å²) in [6, 6.07) is 7.68. The number of fused-ring (bicyclic) bond motifs is 1. The van der Waals surface area contributed by atoms with Crippen LogP contribution in [-0.2, 0) is 11.2 Å². The number of aromatic nitrogens is 2. The van der Waals surface area contributed by atoms with Gasteiger partial charge in [0.15, 0.2) is 0 Å². The summed E-state index contributed by atoms with van der Waals surface area (Å²) in [6.07, 6.45) is 2.01. The second-order valence-corrected chi connectivity index (χ2v) is 7.14. The molecule has 0 radical (unpaired) electrons. The van der Waals surface area contributed by atoms with Gasteiger partial charge < -0.3 is 15.4 Å². The third-order valence-electron chi connectivity index (χ3n) is 4.94. The van der Waals surface area contributed by atoms with Crippen LogP contribution in [-0.4, -0.2) is 52.7 Å². The number of amides is 1. The maximum absolute atomic E-state index is 12.2. The second-order valence-electron chi connectivity index (χ2n) is 6.71. The second kappa shape index (κ2) is 6.64. The molecule has 0 unspecified atom stereocenters. The van der Waals surface area contributed by atoms with Gasteiger partial charge in [-0.1, -0.05) is 23.7 Å². The molecule has 1 amide bonds. The van der Waals surface area contributed by atoms with Crippen LogP contribution in [0.25, 0.3) is 0 Å². The molecule has 2 aliphatic rings. The molecular formula is C18H20ClN5O2. The average Bonchev–Trinajstić information content (AvgIpc) is 3.13. The average molecular weight is 374 g/mol. The zero-order valence-electron chi connectivity index (χ0n) is 14.4. The van der Waals surface area contributed by atoms with Crippen molar-refractivity contribution in [1.29, 1.82) is 0 Å². The summed E-state index contributed by atoms with van der Waals surface area (Å²) >= 11 is 6.03. The first-order valence-corrected chi connectivity index (χ1v) is 8.95. The van der Waals surface area contributed by atoms with Crippen LogP contribution in [0.15, 0.2) is 30.5 Å². The summed E-state index contributed by atoms with van der Waals surface area (Å²) in [5.74, 6) is 1.05. The Morgan fingerprint density at radius 3 is 3.00 bits per heavy atom. The van der Waals surface area contributed by atoms with Gasteiger partial charge in [0.1, 0.15) is 11.9 Å². The van der Waals surface area contributed by atoms with Crippen LogP contribution in [0, 0.1) is 6.92 Å². The van der Waals surface area contributed by atoms with E-state index in [0.29, 0.717) is 36.4 Å². The molecule has 0 spiro atoms. The van der Waals surface area contributed by atoms with E-state index in [2.05, 4.69) is 9.97 Å². The Kier molecular flexibility index (Phi) is 4.32. The molecule has 0 bridgehead atoms. The lowest BCUT2D eigenvalue weighted by atomic mass is 10.1. The molecule has 0 aliphatic carbocycles. The van der Waals surface area contributed by atoms with Crippen LogP contribution >= 0.6 is 11.6 Å². The van der Waals surface area contributed by atoms with Gasteiger partial charge in [0.25, 0.3) is 0 Å². The summed E-state index contributed by atoms with van der Waals surface area (Å²) in [7, 11) is 0. The van der Waals surface area contributed by atoms with E-state index in [1.54, 1.807) is 11.1 Å². The monoisotopic (exact) mass is 373 g/mol. The number of hydrogen-bond donors (Lipinski definition) is 1. The minimum Gasteiger partial charge on any atom is -0.442 e.